The molecule has 0 radical (unpaired) electrons. The Hall–Kier alpha value is -4.01. The van der Waals surface area contributed by atoms with Gasteiger partial charge in [0.2, 0.25) is 0 Å². The van der Waals surface area contributed by atoms with Gasteiger partial charge in [-0.3, -0.25) is 9.36 Å². The zero-order chi connectivity index (χ0) is 22.9. The first-order valence-corrected chi connectivity index (χ1v) is 11.6. The van der Waals surface area contributed by atoms with E-state index in [9.17, 15) is 10.1 Å². The van der Waals surface area contributed by atoms with Crippen LogP contribution < -0.4 is 5.56 Å². The minimum atomic E-state index is -0.0734. The van der Waals surface area contributed by atoms with E-state index in [4.69, 9.17) is 4.98 Å². The minimum Gasteiger partial charge on any atom is -0.288 e. The van der Waals surface area contributed by atoms with Crippen LogP contribution in [0.2, 0.25) is 0 Å². The third-order valence-corrected chi connectivity index (χ3v) is 6.81. The molecule has 33 heavy (non-hydrogen) atoms. The molecule has 0 amide bonds. The number of aryl methyl sites for hydroxylation is 2. The lowest BCUT2D eigenvalue weighted by molar-refractivity contribution is 0.760. The highest BCUT2D eigenvalue weighted by atomic mass is 32.1. The Bertz CT molecular complexity index is 1590. The molecule has 5 rings (SSSR count). The second-order valence-corrected chi connectivity index (χ2v) is 8.99. The first-order chi connectivity index (χ1) is 16.0. The number of nitrogens with zero attached hydrogens (tertiary/aromatic N) is 3. The van der Waals surface area contributed by atoms with Crippen molar-refractivity contribution >= 4 is 21.6 Å². The fourth-order valence-electron chi connectivity index (χ4n) is 4.02. The number of thiophene rings is 1. The van der Waals surface area contributed by atoms with Gasteiger partial charge in [0.25, 0.3) is 5.56 Å². The highest BCUT2D eigenvalue weighted by Gasteiger charge is 2.18. The van der Waals surface area contributed by atoms with Gasteiger partial charge in [0.1, 0.15) is 10.7 Å². The van der Waals surface area contributed by atoms with Crippen molar-refractivity contribution in [2.75, 3.05) is 0 Å². The summed E-state index contributed by atoms with van der Waals surface area (Å²) in [7, 11) is 0. The lowest BCUT2D eigenvalue weighted by Crippen LogP contribution is -2.24. The van der Waals surface area contributed by atoms with Gasteiger partial charge >= 0.3 is 0 Å². The molecule has 0 atom stereocenters. The summed E-state index contributed by atoms with van der Waals surface area (Å²) >= 11 is 1.50. The SMILES string of the molecule is Cc1ccc(-c2csc3nc(-c4ccccc4)n(Cc4cccc(C#N)c4)c(=O)c23)cc1C. The minimum absolute atomic E-state index is 0.0734. The Balaban J connectivity index is 1.76. The van der Waals surface area contributed by atoms with Gasteiger partial charge in [0, 0.05) is 16.5 Å². The molecular formula is C28H21N3OS. The normalized spacial score (nSPS) is 10.9. The summed E-state index contributed by atoms with van der Waals surface area (Å²) in [6, 6.07) is 25.6. The van der Waals surface area contributed by atoms with E-state index < -0.39 is 0 Å². The van der Waals surface area contributed by atoms with E-state index in [2.05, 4.69) is 38.1 Å². The Morgan fingerprint density at radius 2 is 1.76 bits per heavy atom. The van der Waals surface area contributed by atoms with E-state index in [1.807, 2.05) is 53.9 Å². The van der Waals surface area contributed by atoms with Crippen LogP contribution in [0.3, 0.4) is 0 Å². The summed E-state index contributed by atoms with van der Waals surface area (Å²) in [5, 5.41) is 12.0. The predicted octanol–water partition coefficient (Wildman–Crippen LogP) is 6.33. The smallest absolute Gasteiger partial charge is 0.263 e. The second kappa shape index (κ2) is 8.50. The highest BCUT2D eigenvalue weighted by molar-refractivity contribution is 7.17. The lowest BCUT2D eigenvalue weighted by atomic mass is 10.0. The van der Waals surface area contributed by atoms with E-state index in [0.717, 1.165) is 27.1 Å². The standard InChI is InChI=1S/C28H21N3OS/c1-18-11-12-23(13-19(18)2)24-17-33-27-25(24)28(32)31(16-21-8-6-7-20(14-21)15-29)26(30-27)22-9-4-3-5-10-22/h3-14,17H,16H2,1-2H3. The molecule has 0 saturated heterocycles. The summed E-state index contributed by atoms with van der Waals surface area (Å²) in [6.45, 7) is 4.50. The van der Waals surface area contributed by atoms with Crippen molar-refractivity contribution in [2.45, 2.75) is 20.4 Å². The third kappa shape index (κ3) is 3.86. The number of hydrogen-bond donors (Lipinski definition) is 0. The van der Waals surface area contributed by atoms with Gasteiger partial charge in [-0.2, -0.15) is 5.26 Å². The molecule has 3 aromatic carbocycles. The highest BCUT2D eigenvalue weighted by Crippen LogP contribution is 2.33. The molecule has 160 valence electrons. The molecule has 2 heterocycles. The average molecular weight is 448 g/mol. The van der Waals surface area contributed by atoms with Crippen molar-refractivity contribution in [2.24, 2.45) is 0 Å². The Morgan fingerprint density at radius 1 is 0.939 bits per heavy atom. The molecule has 0 N–H and O–H groups in total. The van der Waals surface area contributed by atoms with Gasteiger partial charge in [-0.15, -0.1) is 11.3 Å². The van der Waals surface area contributed by atoms with Crippen molar-refractivity contribution < 1.29 is 0 Å². The van der Waals surface area contributed by atoms with Crippen LogP contribution in [0.5, 0.6) is 0 Å². The van der Waals surface area contributed by atoms with Gasteiger partial charge in [-0.1, -0.05) is 60.7 Å². The van der Waals surface area contributed by atoms with Crippen LogP contribution in [-0.4, -0.2) is 9.55 Å². The van der Waals surface area contributed by atoms with Crippen LogP contribution in [0.15, 0.2) is 83.0 Å². The van der Waals surface area contributed by atoms with Gasteiger partial charge in [-0.25, -0.2) is 4.98 Å². The fraction of sp³-hybridized carbons (Fsp3) is 0.107. The molecule has 0 bridgehead atoms. The van der Waals surface area contributed by atoms with E-state index in [1.54, 1.807) is 10.6 Å². The quantitative estimate of drug-likeness (QED) is 0.323. The van der Waals surface area contributed by atoms with Gasteiger partial charge < -0.3 is 0 Å². The number of aromatic nitrogens is 2. The summed E-state index contributed by atoms with van der Waals surface area (Å²) in [5.41, 5.74) is 6.61. The van der Waals surface area contributed by atoms with Gasteiger partial charge in [0.05, 0.1) is 23.6 Å². The number of fused-ring (bicyclic) bond motifs is 1. The van der Waals surface area contributed by atoms with Crippen LogP contribution in [-0.2, 0) is 6.54 Å². The number of nitriles is 1. The van der Waals surface area contributed by atoms with Gasteiger partial charge in [0.15, 0.2) is 0 Å². The Labute approximate surface area is 196 Å². The summed E-state index contributed by atoms with van der Waals surface area (Å²) in [5.74, 6) is 0.629. The van der Waals surface area contributed by atoms with Crippen molar-refractivity contribution in [1.82, 2.24) is 9.55 Å². The molecular weight excluding hydrogens is 426 g/mol. The molecule has 0 fully saturated rings. The monoisotopic (exact) mass is 447 g/mol. The van der Waals surface area contributed by atoms with Crippen molar-refractivity contribution in [3.05, 3.63) is 111 Å². The molecule has 0 saturated carbocycles. The predicted molar refractivity (Wildman–Crippen MR) is 134 cm³/mol. The summed E-state index contributed by atoms with van der Waals surface area (Å²) in [4.78, 5) is 19.6. The van der Waals surface area contributed by atoms with E-state index in [-0.39, 0.29) is 5.56 Å². The van der Waals surface area contributed by atoms with Crippen LogP contribution in [0.25, 0.3) is 32.7 Å². The van der Waals surface area contributed by atoms with Gasteiger partial charge in [-0.05, 0) is 48.2 Å². The Kier molecular flexibility index (Phi) is 5.37. The van der Waals surface area contributed by atoms with Crippen molar-refractivity contribution in [1.29, 1.82) is 5.26 Å². The molecule has 5 heteroatoms. The van der Waals surface area contributed by atoms with Crippen LogP contribution in [0.4, 0.5) is 0 Å². The second-order valence-electron chi connectivity index (χ2n) is 8.13. The summed E-state index contributed by atoms with van der Waals surface area (Å²) < 4.78 is 1.73. The molecule has 0 unspecified atom stereocenters. The molecule has 0 aliphatic carbocycles. The number of rotatable bonds is 4. The number of hydrogen-bond acceptors (Lipinski definition) is 4. The van der Waals surface area contributed by atoms with Crippen molar-refractivity contribution in [3.63, 3.8) is 0 Å². The lowest BCUT2D eigenvalue weighted by Gasteiger charge is -2.14. The van der Waals surface area contributed by atoms with E-state index in [1.165, 1.54) is 22.5 Å². The molecule has 0 aliphatic heterocycles. The molecule has 0 aliphatic rings. The maximum Gasteiger partial charge on any atom is 0.263 e. The maximum atomic E-state index is 14.0. The zero-order valence-electron chi connectivity index (χ0n) is 18.4. The molecule has 4 nitrogen and oxygen atoms in total. The van der Waals surface area contributed by atoms with E-state index >= 15 is 0 Å². The first kappa shape index (κ1) is 20.9. The van der Waals surface area contributed by atoms with Crippen LogP contribution in [0.1, 0.15) is 22.3 Å². The number of benzene rings is 3. The molecule has 2 aromatic heterocycles. The van der Waals surface area contributed by atoms with E-state index in [0.29, 0.717) is 23.3 Å². The third-order valence-electron chi connectivity index (χ3n) is 5.94. The van der Waals surface area contributed by atoms with Crippen molar-refractivity contribution in [3.8, 4) is 28.6 Å². The molecule has 0 spiro atoms. The fourth-order valence-corrected chi connectivity index (χ4v) is 4.96. The topological polar surface area (TPSA) is 58.7 Å². The average Bonchev–Trinajstić information content (AvgIpc) is 3.27. The Morgan fingerprint density at radius 3 is 2.52 bits per heavy atom. The molecule has 5 aromatic rings. The maximum absolute atomic E-state index is 14.0. The van der Waals surface area contributed by atoms with Crippen LogP contribution >= 0.6 is 11.3 Å². The zero-order valence-corrected chi connectivity index (χ0v) is 19.2. The largest absolute Gasteiger partial charge is 0.288 e. The first-order valence-electron chi connectivity index (χ1n) is 10.7. The summed E-state index contributed by atoms with van der Waals surface area (Å²) in [6.07, 6.45) is 0. The van der Waals surface area contributed by atoms with Crippen LogP contribution in [0, 0.1) is 25.2 Å².